The number of halogens is 3. The van der Waals surface area contributed by atoms with E-state index in [1.807, 2.05) is 6.07 Å². The number of nitrogens with one attached hydrogen (secondary N) is 1. The van der Waals surface area contributed by atoms with E-state index in [1.54, 1.807) is 30.3 Å². The summed E-state index contributed by atoms with van der Waals surface area (Å²) in [5.41, 5.74) is 5.47. The first-order valence-electron chi connectivity index (χ1n) is 9.82. The summed E-state index contributed by atoms with van der Waals surface area (Å²) in [6, 6.07) is 14.9. The lowest BCUT2D eigenvalue weighted by Gasteiger charge is -2.17. The molecule has 1 amide bonds. The molecular formula is C23H21F3N2O3. The van der Waals surface area contributed by atoms with Crippen molar-refractivity contribution < 1.29 is 27.4 Å². The second-order valence-electron chi connectivity index (χ2n) is 7.43. The van der Waals surface area contributed by atoms with Gasteiger partial charge in [-0.1, -0.05) is 12.1 Å². The van der Waals surface area contributed by atoms with Crippen LogP contribution in [-0.4, -0.2) is 31.7 Å². The fourth-order valence-electron chi connectivity index (χ4n) is 3.57. The van der Waals surface area contributed by atoms with Crippen LogP contribution in [0.15, 0.2) is 60.7 Å². The van der Waals surface area contributed by atoms with Gasteiger partial charge in [-0.15, -0.1) is 0 Å². The van der Waals surface area contributed by atoms with Gasteiger partial charge in [-0.3, -0.25) is 4.79 Å². The summed E-state index contributed by atoms with van der Waals surface area (Å²) >= 11 is 0. The zero-order chi connectivity index (χ0) is 22.0. The first-order chi connectivity index (χ1) is 14.8. The Hall–Kier alpha value is -3.10. The number of hydrogen-bond donors (Lipinski definition) is 2. The Kier molecular flexibility index (Phi) is 5.84. The summed E-state index contributed by atoms with van der Waals surface area (Å²) in [5.74, 6) is 0.644. The molecule has 3 aromatic carbocycles. The van der Waals surface area contributed by atoms with Gasteiger partial charge in [-0.25, -0.2) is 0 Å². The van der Waals surface area contributed by atoms with E-state index >= 15 is 0 Å². The minimum atomic E-state index is -4.40. The van der Waals surface area contributed by atoms with Crippen LogP contribution in [0.25, 0.3) is 10.8 Å². The Labute approximate surface area is 176 Å². The average Bonchev–Trinajstić information content (AvgIpc) is 3.20. The quantitative estimate of drug-likeness (QED) is 0.631. The maximum absolute atomic E-state index is 12.7. The molecule has 8 heteroatoms. The van der Waals surface area contributed by atoms with E-state index in [-0.39, 0.29) is 23.6 Å². The summed E-state index contributed by atoms with van der Waals surface area (Å²) in [5, 5.41) is 4.48. The summed E-state index contributed by atoms with van der Waals surface area (Å²) in [7, 11) is 0. The molecule has 162 valence electrons. The van der Waals surface area contributed by atoms with Crippen LogP contribution in [0.4, 0.5) is 13.2 Å². The van der Waals surface area contributed by atoms with Crippen LogP contribution >= 0.6 is 0 Å². The van der Waals surface area contributed by atoms with Crippen molar-refractivity contribution in [3.05, 3.63) is 71.8 Å². The highest BCUT2D eigenvalue weighted by Crippen LogP contribution is 2.33. The van der Waals surface area contributed by atoms with E-state index in [1.165, 1.54) is 12.1 Å². The van der Waals surface area contributed by atoms with Gasteiger partial charge in [0.2, 0.25) is 0 Å². The van der Waals surface area contributed by atoms with Crippen molar-refractivity contribution in [1.29, 1.82) is 0 Å². The highest BCUT2D eigenvalue weighted by Gasteiger charge is 2.30. The molecular weight excluding hydrogens is 409 g/mol. The van der Waals surface area contributed by atoms with Crippen molar-refractivity contribution >= 4 is 16.7 Å². The van der Waals surface area contributed by atoms with E-state index in [0.29, 0.717) is 31.1 Å². The standard InChI is InChI=1S/C23H21F3N2O3/c24-23(25,26)17-5-7-18(8-6-17)31-21-3-1-2-14-10-15(4-9-19(14)21)22(29)28-20-13-30-12-16(20)11-27/h1-10,16,20H,11-13,27H2,(H,28,29)/t16?,20-/m1/s1. The van der Waals surface area contributed by atoms with Crippen molar-refractivity contribution in [2.75, 3.05) is 19.8 Å². The Balaban J connectivity index is 1.53. The molecule has 1 fully saturated rings. The smallest absolute Gasteiger partial charge is 0.416 e. The maximum atomic E-state index is 12.7. The predicted octanol–water partition coefficient (Wildman–Crippen LogP) is 4.35. The third-order valence-corrected chi connectivity index (χ3v) is 5.33. The van der Waals surface area contributed by atoms with E-state index in [4.69, 9.17) is 15.2 Å². The number of amides is 1. The highest BCUT2D eigenvalue weighted by atomic mass is 19.4. The molecule has 2 atom stereocenters. The number of carbonyl (C=O) groups is 1. The summed E-state index contributed by atoms with van der Waals surface area (Å²) < 4.78 is 49.4. The van der Waals surface area contributed by atoms with Crippen LogP contribution in [0.1, 0.15) is 15.9 Å². The highest BCUT2D eigenvalue weighted by molar-refractivity contribution is 6.00. The molecule has 1 aliphatic heterocycles. The molecule has 31 heavy (non-hydrogen) atoms. The van der Waals surface area contributed by atoms with Crippen LogP contribution in [-0.2, 0) is 10.9 Å². The van der Waals surface area contributed by atoms with Gasteiger partial charge >= 0.3 is 6.18 Å². The van der Waals surface area contributed by atoms with Gasteiger partial charge in [0.15, 0.2) is 0 Å². The molecule has 4 rings (SSSR count). The van der Waals surface area contributed by atoms with Crippen molar-refractivity contribution in [1.82, 2.24) is 5.32 Å². The molecule has 0 aliphatic carbocycles. The van der Waals surface area contributed by atoms with Gasteiger partial charge in [0.25, 0.3) is 5.91 Å². The first kappa shape index (κ1) is 21.1. The molecule has 5 nitrogen and oxygen atoms in total. The van der Waals surface area contributed by atoms with E-state index in [0.717, 1.165) is 22.9 Å². The topological polar surface area (TPSA) is 73.6 Å². The van der Waals surface area contributed by atoms with E-state index in [9.17, 15) is 18.0 Å². The van der Waals surface area contributed by atoms with Gasteiger partial charge < -0.3 is 20.5 Å². The number of alkyl halides is 3. The number of fused-ring (bicyclic) bond motifs is 1. The monoisotopic (exact) mass is 430 g/mol. The lowest BCUT2D eigenvalue weighted by molar-refractivity contribution is -0.137. The molecule has 0 radical (unpaired) electrons. The molecule has 3 N–H and O–H groups in total. The molecule has 0 saturated carbocycles. The average molecular weight is 430 g/mol. The number of carbonyl (C=O) groups excluding carboxylic acids is 1. The van der Waals surface area contributed by atoms with Crippen LogP contribution < -0.4 is 15.8 Å². The molecule has 0 aromatic heterocycles. The molecule has 1 aliphatic rings. The van der Waals surface area contributed by atoms with Crippen LogP contribution in [0.2, 0.25) is 0 Å². The normalized spacial score (nSPS) is 18.8. The summed E-state index contributed by atoms with van der Waals surface area (Å²) in [6.07, 6.45) is -4.40. The number of hydrogen-bond acceptors (Lipinski definition) is 4. The lowest BCUT2D eigenvalue weighted by atomic mass is 10.0. The molecule has 0 bridgehead atoms. The fourth-order valence-corrected chi connectivity index (χ4v) is 3.57. The Morgan fingerprint density at radius 3 is 2.58 bits per heavy atom. The predicted molar refractivity (Wildman–Crippen MR) is 110 cm³/mol. The summed E-state index contributed by atoms with van der Waals surface area (Å²) in [6.45, 7) is 1.41. The second kappa shape index (κ2) is 8.56. The second-order valence-corrected chi connectivity index (χ2v) is 7.43. The minimum absolute atomic E-state index is 0.0909. The SMILES string of the molecule is NCC1COC[C@H]1NC(=O)c1ccc2c(Oc3ccc(C(F)(F)F)cc3)cccc2c1. The molecule has 1 heterocycles. The van der Waals surface area contributed by atoms with Crippen LogP contribution in [0, 0.1) is 5.92 Å². The molecule has 0 spiro atoms. The van der Waals surface area contributed by atoms with Gasteiger partial charge in [0.1, 0.15) is 11.5 Å². The van der Waals surface area contributed by atoms with Gasteiger partial charge in [-0.2, -0.15) is 13.2 Å². The van der Waals surface area contributed by atoms with Crippen molar-refractivity contribution in [2.45, 2.75) is 12.2 Å². The van der Waals surface area contributed by atoms with Gasteiger partial charge in [-0.05, 0) is 60.5 Å². The Morgan fingerprint density at radius 1 is 1.10 bits per heavy atom. The molecule has 3 aromatic rings. The maximum Gasteiger partial charge on any atom is 0.416 e. The zero-order valence-electron chi connectivity index (χ0n) is 16.5. The van der Waals surface area contributed by atoms with Crippen molar-refractivity contribution in [3.63, 3.8) is 0 Å². The van der Waals surface area contributed by atoms with E-state index in [2.05, 4.69) is 5.32 Å². The number of benzene rings is 3. The Morgan fingerprint density at radius 2 is 1.87 bits per heavy atom. The molecule has 1 unspecified atom stereocenters. The zero-order valence-corrected chi connectivity index (χ0v) is 16.5. The van der Waals surface area contributed by atoms with Crippen LogP contribution in [0.3, 0.4) is 0 Å². The van der Waals surface area contributed by atoms with E-state index < -0.39 is 11.7 Å². The number of nitrogens with two attached hydrogens (primary N) is 1. The lowest BCUT2D eigenvalue weighted by Crippen LogP contribution is -2.42. The third-order valence-electron chi connectivity index (χ3n) is 5.33. The number of ether oxygens (including phenoxy) is 2. The molecule has 1 saturated heterocycles. The van der Waals surface area contributed by atoms with Crippen molar-refractivity contribution in [3.8, 4) is 11.5 Å². The largest absolute Gasteiger partial charge is 0.457 e. The first-order valence-corrected chi connectivity index (χ1v) is 9.82. The van der Waals surface area contributed by atoms with Crippen molar-refractivity contribution in [2.24, 2.45) is 11.7 Å². The van der Waals surface area contributed by atoms with Gasteiger partial charge in [0.05, 0.1) is 24.8 Å². The number of rotatable bonds is 5. The Bertz CT molecular complexity index is 1080. The minimum Gasteiger partial charge on any atom is -0.457 e. The van der Waals surface area contributed by atoms with Gasteiger partial charge in [0, 0.05) is 16.9 Å². The summed E-state index contributed by atoms with van der Waals surface area (Å²) in [4.78, 5) is 12.7. The third kappa shape index (κ3) is 4.65. The van der Waals surface area contributed by atoms with Crippen LogP contribution in [0.5, 0.6) is 11.5 Å². The fraction of sp³-hybridized carbons (Fsp3) is 0.261.